The highest BCUT2D eigenvalue weighted by atomic mass is 35.5. The van der Waals surface area contributed by atoms with Crippen LogP contribution in [0.1, 0.15) is 22.8 Å². The van der Waals surface area contributed by atoms with Gasteiger partial charge < -0.3 is 14.2 Å². The molecule has 0 radical (unpaired) electrons. The maximum atomic E-state index is 13.2. The molecular weight excluding hydrogens is 492 g/mol. The van der Waals surface area contributed by atoms with Gasteiger partial charge in [0.25, 0.3) is 0 Å². The smallest absolute Gasteiger partial charge is 0.408 e. The number of benzene rings is 3. The number of ketones is 1. The Morgan fingerprint density at radius 2 is 1.54 bits per heavy atom. The lowest BCUT2D eigenvalue weighted by Gasteiger charge is -2.37. The van der Waals surface area contributed by atoms with Gasteiger partial charge in [0.15, 0.2) is 11.4 Å². The number of carbonyl (C=O) groups is 1. The number of oxazole rings is 1. The van der Waals surface area contributed by atoms with E-state index in [9.17, 15) is 14.0 Å². The van der Waals surface area contributed by atoms with E-state index in [1.165, 1.54) is 19.1 Å². The third kappa shape index (κ3) is 5.52. The van der Waals surface area contributed by atoms with Crippen LogP contribution in [-0.2, 0) is 6.54 Å². The number of anilines is 2. The van der Waals surface area contributed by atoms with E-state index >= 15 is 0 Å². The van der Waals surface area contributed by atoms with E-state index < -0.39 is 5.76 Å². The summed E-state index contributed by atoms with van der Waals surface area (Å²) < 4.78 is 20.2. The maximum absolute atomic E-state index is 13.2. The predicted molar refractivity (Wildman–Crippen MR) is 141 cm³/mol. The summed E-state index contributed by atoms with van der Waals surface area (Å²) in [6, 6.07) is 19.9. The SMILES string of the molecule is CC(=O)c1ccc2c(c1)oc(=O)n2Cc1cccc(N2CCN(c3ccc(F)cc3)CC2)c1.Cl.Cl. The van der Waals surface area contributed by atoms with Crippen LogP contribution in [0, 0.1) is 5.82 Å². The molecule has 0 N–H and O–H groups in total. The number of nitrogens with zero attached hydrogens (tertiary/aromatic N) is 3. The van der Waals surface area contributed by atoms with Gasteiger partial charge in [0.05, 0.1) is 12.1 Å². The van der Waals surface area contributed by atoms with Gasteiger partial charge in [-0.2, -0.15) is 0 Å². The molecule has 1 aliphatic rings. The first-order chi connectivity index (χ1) is 16.0. The van der Waals surface area contributed by atoms with Gasteiger partial charge in [-0.1, -0.05) is 12.1 Å². The largest absolute Gasteiger partial charge is 0.420 e. The van der Waals surface area contributed by atoms with Crippen LogP contribution >= 0.6 is 24.8 Å². The minimum atomic E-state index is -0.441. The Kier molecular flexibility index (Phi) is 8.25. The van der Waals surface area contributed by atoms with E-state index in [0.717, 1.165) is 43.1 Å². The molecular formula is C26H26Cl2FN3O3. The Labute approximate surface area is 214 Å². The highest BCUT2D eigenvalue weighted by Crippen LogP contribution is 2.23. The van der Waals surface area contributed by atoms with Crippen molar-refractivity contribution in [3.05, 3.63) is 94.2 Å². The molecule has 0 amide bonds. The van der Waals surface area contributed by atoms with Crippen molar-refractivity contribution in [2.75, 3.05) is 36.0 Å². The first kappa shape index (κ1) is 26.3. The molecule has 0 aliphatic carbocycles. The summed E-state index contributed by atoms with van der Waals surface area (Å²) in [5, 5.41) is 0. The fraction of sp³-hybridized carbons (Fsp3) is 0.231. The molecule has 0 atom stereocenters. The van der Waals surface area contributed by atoms with E-state index in [0.29, 0.717) is 23.2 Å². The number of carbonyl (C=O) groups excluding carboxylic acids is 1. The van der Waals surface area contributed by atoms with Crippen LogP contribution in [0.3, 0.4) is 0 Å². The minimum absolute atomic E-state index is 0. The number of Topliss-reactive ketones (excluding diaryl/α,β-unsaturated/α-hetero) is 1. The third-order valence-electron chi connectivity index (χ3n) is 6.16. The highest BCUT2D eigenvalue weighted by Gasteiger charge is 2.18. The van der Waals surface area contributed by atoms with Gasteiger partial charge in [0.1, 0.15) is 5.82 Å². The summed E-state index contributed by atoms with van der Waals surface area (Å²) in [4.78, 5) is 28.7. The first-order valence-corrected chi connectivity index (χ1v) is 11.0. The molecule has 0 saturated carbocycles. The number of piperazine rings is 1. The first-order valence-electron chi connectivity index (χ1n) is 11.0. The Bertz CT molecular complexity index is 1380. The third-order valence-corrected chi connectivity index (χ3v) is 6.16. The zero-order valence-corrected chi connectivity index (χ0v) is 20.8. The van der Waals surface area contributed by atoms with Gasteiger partial charge in [-0.05, 0) is 67.1 Å². The second-order valence-electron chi connectivity index (χ2n) is 8.31. The molecule has 0 spiro atoms. The molecule has 1 aliphatic heterocycles. The maximum Gasteiger partial charge on any atom is 0.420 e. The van der Waals surface area contributed by atoms with Crippen molar-refractivity contribution in [3.8, 4) is 0 Å². The fourth-order valence-electron chi connectivity index (χ4n) is 4.34. The number of hydrogen-bond donors (Lipinski definition) is 0. The lowest BCUT2D eigenvalue weighted by atomic mass is 10.1. The summed E-state index contributed by atoms with van der Waals surface area (Å²) in [7, 11) is 0. The van der Waals surface area contributed by atoms with E-state index in [1.807, 2.05) is 24.3 Å². The lowest BCUT2D eigenvalue weighted by molar-refractivity contribution is 0.101. The zero-order valence-electron chi connectivity index (χ0n) is 19.1. The van der Waals surface area contributed by atoms with E-state index in [4.69, 9.17) is 4.42 Å². The van der Waals surface area contributed by atoms with Crippen LogP contribution in [0.4, 0.5) is 15.8 Å². The summed E-state index contributed by atoms with van der Waals surface area (Å²) in [6.45, 7) is 5.27. The molecule has 9 heteroatoms. The Morgan fingerprint density at radius 1 is 0.886 bits per heavy atom. The minimum Gasteiger partial charge on any atom is -0.408 e. The molecule has 4 aromatic rings. The van der Waals surface area contributed by atoms with Gasteiger partial charge in [0, 0.05) is 43.1 Å². The van der Waals surface area contributed by atoms with Crippen molar-refractivity contribution in [1.29, 1.82) is 0 Å². The molecule has 5 rings (SSSR count). The number of hydrogen-bond acceptors (Lipinski definition) is 5. The van der Waals surface area contributed by atoms with Crippen LogP contribution in [0.25, 0.3) is 11.1 Å². The second kappa shape index (κ2) is 11.0. The van der Waals surface area contributed by atoms with Gasteiger partial charge in [0.2, 0.25) is 0 Å². The summed E-state index contributed by atoms with van der Waals surface area (Å²) in [6.07, 6.45) is 0. The van der Waals surface area contributed by atoms with Crippen molar-refractivity contribution in [2.24, 2.45) is 0 Å². The van der Waals surface area contributed by atoms with Gasteiger partial charge in [-0.3, -0.25) is 9.36 Å². The molecule has 1 aromatic heterocycles. The van der Waals surface area contributed by atoms with E-state index in [1.54, 1.807) is 22.8 Å². The number of halogens is 3. The lowest BCUT2D eigenvalue weighted by Crippen LogP contribution is -2.46. The highest BCUT2D eigenvalue weighted by molar-refractivity contribution is 5.96. The standard InChI is InChI=1S/C26H24FN3O3.2ClH/c1-18(31)20-5-10-24-25(16-20)33-26(32)30(24)17-19-3-2-4-23(15-19)29-13-11-28(12-14-29)22-8-6-21(27)7-9-22;;/h2-10,15-16H,11-14,17H2,1H3;2*1H. The molecule has 6 nitrogen and oxygen atoms in total. The molecule has 0 bridgehead atoms. The van der Waals surface area contributed by atoms with Crippen LogP contribution in [0.5, 0.6) is 0 Å². The molecule has 35 heavy (non-hydrogen) atoms. The molecule has 1 fully saturated rings. The number of aromatic nitrogens is 1. The van der Waals surface area contributed by atoms with Crippen molar-refractivity contribution in [3.63, 3.8) is 0 Å². The van der Waals surface area contributed by atoms with Gasteiger partial charge in [-0.15, -0.1) is 24.8 Å². The molecule has 3 aromatic carbocycles. The topological polar surface area (TPSA) is 58.7 Å². The number of fused-ring (bicyclic) bond motifs is 1. The van der Waals surface area contributed by atoms with E-state index in [2.05, 4.69) is 21.9 Å². The van der Waals surface area contributed by atoms with Crippen LogP contribution < -0.4 is 15.6 Å². The molecule has 1 saturated heterocycles. The molecule has 0 unspecified atom stereocenters. The Hall–Kier alpha value is -3.29. The molecule has 2 heterocycles. The summed E-state index contributed by atoms with van der Waals surface area (Å²) in [5.41, 5.74) is 4.73. The fourth-order valence-corrected chi connectivity index (χ4v) is 4.34. The predicted octanol–water partition coefficient (Wildman–Crippen LogP) is 5.15. The normalized spacial score (nSPS) is 13.3. The van der Waals surface area contributed by atoms with Crippen LogP contribution in [-0.4, -0.2) is 36.5 Å². The summed E-state index contributed by atoms with van der Waals surface area (Å²) in [5.74, 6) is -0.735. The average Bonchev–Trinajstić information content (AvgIpc) is 3.14. The average molecular weight is 518 g/mol. The quantitative estimate of drug-likeness (QED) is 0.342. The Balaban J connectivity index is 0.00000171. The van der Waals surface area contributed by atoms with Gasteiger partial charge in [-0.25, -0.2) is 9.18 Å². The van der Waals surface area contributed by atoms with Gasteiger partial charge >= 0.3 is 5.76 Å². The van der Waals surface area contributed by atoms with Crippen LogP contribution in [0.2, 0.25) is 0 Å². The zero-order chi connectivity index (χ0) is 22.9. The van der Waals surface area contributed by atoms with Crippen molar-refractivity contribution >= 4 is 53.1 Å². The van der Waals surface area contributed by atoms with E-state index in [-0.39, 0.29) is 36.4 Å². The van der Waals surface area contributed by atoms with Crippen molar-refractivity contribution in [2.45, 2.75) is 13.5 Å². The number of rotatable bonds is 5. The van der Waals surface area contributed by atoms with Crippen molar-refractivity contribution < 1.29 is 13.6 Å². The molecule has 184 valence electrons. The summed E-state index contributed by atoms with van der Waals surface area (Å²) >= 11 is 0. The monoisotopic (exact) mass is 517 g/mol. The second-order valence-corrected chi connectivity index (χ2v) is 8.31. The Morgan fingerprint density at radius 3 is 2.20 bits per heavy atom. The van der Waals surface area contributed by atoms with Crippen LogP contribution in [0.15, 0.2) is 75.9 Å². The van der Waals surface area contributed by atoms with Crippen molar-refractivity contribution in [1.82, 2.24) is 4.57 Å².